The Labute approximate surface area is 91.1 Å². The van der Waals surface area contributed by atoms with E-state index in [1.54, 1.807) is 6.07 Å². The van der Waals surface area contributed by atoms with Gasteiger partial charge >= 0.3 is 0 Å². The van der Waals surface area contributed by atoms with Crippen molar-refractivity contribution in [3.05, 3.63) is 29.6 Å². The van der Waals surface area contributed by atoms with Crippen molar-refractivity contribution in [2.24, 2.45) is 0 Å². The average Bonchev–Trinajstić information content (AvgIpc) is 2.24. The molecule has 0 saturated carbocycles. The zero-order valence-corrected chi connectivity index (χ0v) is 9.68. The summed E-state index contributed by atoms with van der Waals surface area (Å²) in [7, 11) is 1.83. The molecule has 0 saturated heterocycles. The van der Waals surface area contributed by atoms with Crippen LogP contribution >= 0.6 is 0 Å². The number of nitrogens with zero attached hydrogens (tertiary/aromatic N) is 1. The second kappa shape index (κ2) is 5.71. The minimum Gasteiger partial charge on any atom is -0.372 e. The van der Waals surface area contributed by atoms with Gasteiger partial charge in [-0.25, -0.2) is 4.39 Å². The molecule has 0 aromatic heterocycles. The average molecular weight is 210 g/mol. The van der Waals surface area contributed by atoms with Crippen LogP contribution in [-0.2, 0) is 6.54 Å². The maximum absolute atomic E-state index is 13.6. The monoisotopic (exact) mass is 210 g/mol. The fourth-order valence-corrected chi connectivity index (χ4v) is 1.76. The summed E-state index contributed by atoms with van der Waals surface area (Å²) in [6.45, 7) is 6.53. The predicted molar refractivity (Wildman–Crippen MR) is 62.7 cm³/mol. The third kappa shape index (κ3) is 2.69. The Morgan fingerprint density at radius 1 is 1.27 bits per heavy atom. The van der Waals surface area contributed by atoms with Crippen molar-refractivity contribution in [2.75, 3.05) is 25.0 Å². The molecule has 0 atom stereocenters. The van der Waals surface area contributed by atoms with Crippen LogP contribution in [0.15, 0.2) is 18.2 Å². The quantitative estimate of drug-likeness (QED) is 0.802. The third-order valence-electron chi connectivity index (χ3n) is 2.55. The molecule has 0 unspecified atom stereocenters. The number of halogens is 1. The largest absolute Gasteiger partial charge is 0.372 e. The molecule has 15 heavy (non-hydrogen) atoms. The van der Waals surface area contributed by atoms with Crippen LogP contribution in [0, 0.1) is 5.82 Å². The van der Waals surface area contributed by atoms with E-state index in [2.05, 4.69) is 24.1 Å². The van der Waals surface area contributed by atoms with Crippen LogP contribution in [0.3, 0.4) is 0 Å². The maximum Gasteiger partial charge on any atom is 0.129 e. The summed E-state index contributed by atoms with van der Waals surface area (Å²) in [5.74, 6) is -0.131. The highest BCUT2D eigenvalue weighted by atomic mass is 19.1. The molecular weight excluding hydrogens is 191 g/mol. The van der Waals surface area contributed by atoms with E-state index >= 15 is 0 Å². The van der Waals surface area contributed by atoms with Gasteiger partial charge in [0, 0.05) is 30.9 Å². The lowest BCUT2D eigenvalue weighted by molar-refractivity contribution is 0.599. The van der Waals surface area contributed by atoms with Crippen LogP contribution in [0.5, 0.6) is 0 Å². The minimum absolute atomic E-state index is 0.131. The normalized spacial score (nSPS) is 10.4. The van der Waals surface area contributed by atoms with Gasteiger partial charge in [-0.15, -0.1) is 0 Å². The molecule has 0 spiro atoms. The first kappa shape index (κ1) is 12.0. The summed E-state index contributed by atoms with van der Waals surface area (Å²) in [4.78, 5) is 2.16. The van der Waals surface area contributed by atoms with Crippen LogP contribution in [0.2, 0.25) is 0 Å². The van der Waals surface area contributed by atoms with Crippen molar-refractivity contribution in [2.45, 2.75) is 20.4 Å². The van der Waals surface area contributed by atoms with Crippen LogP contribution in [-0.4, -0.2) is 20.1 Å². The summed E-state index contributed by atoms with van der Waals surface area (Å²) < 4.78 is 13.6. The van der Waals surface area contributed by atoms with Gasteiger partial charge in [-0.1, -0.05) is 6.07 Å². The Morgan fingerprint density at radius 3 is 2.47 bits per heavy atom. The molecule has 0 aliphatic rings. The molecule has 0 amide bonds. The van der Waals surface area contributed by atoms with Gasteiger partial charge in [-0.3, -0.25) is 0 Å². The Bertz CT molecular complexity index is 308. The highest BCUT2D eigenvalue weighted by Crippen LogP contribution is 2.22. The number of benzene rings is 1. The Kier molecular flexibility index (Phi) is 4.56. The molecule has 1 aromatic rings. The molecule has 2 nitrogen and oxygen atoms in total. The fourth-order valence-electron chi connectivity index (χ4n) is 1.76. The lowest BCUT2D eigenvalue weighted by Gasteiger charge is -2.24. The Hall–Kier alpha value is -1.09. The van der Waals surface area contributed by atoms with Gasteiger partial charge < -0.3 is 10.2 Å². The SMILES string of the molecule is CCN(CC)c1cccc(F)c1CNC. The van der Waals surface area contributed by atoms with Crippen molar-refractivity contribution < 1.29 is 4.39 Å². The van der Waals surface area contributed by atoms with Gasteiger partial charge in [0.2, 0.25) is 0 Å². The fraction of sp³-hybridized carbons (Fsp3) is 0.500. The van der Waals surface area contributed by atoms with Gasteiger partial charge in [-0.2, -0.15) is 0 Å². The van der Waals surface area contributed by atoms with Gasteiger partial charge in [0.15, 0.2) is 0 Å². The molecule has 0 heterocycles. The van der Waals surface area contributed by atoms with Crippen molar-refractivity contribution in [1.82, 2.24) is 5.32 Å². The van der Waals surface area contributed by atoms with Crippen molar-refractivity contribution in [1.29, 1.82) is 0 Å². The summed E-state index contributed by atoms with van der Waals surface area (Å²) in [5, 5.41) is 3.00. The van der Waals surface area contributed by atoms with Crippen LogP contribution in [0.1, 0.15) is 19.4 Å². The number of hydrogen-bond acceptors (Lipinski definition) is 2. The minimum atomic E-state index is -0.131. The highest BCUT2D eigenvalue weighted by Gasteiger charge is 2.11. The van der Waals surface area contributed by atoms with Crippen molar-refractivity contribution >= 4 is 5.69 Å². The summed E-state index contributed by atoms with van der Waals surface area (Å²) in [5.41, 5.74) is 1.75. The number of anilines is 1. The predicted octanol–water partition coefficient (Wildman–Crippen LogP) is 2.39. The molecule has 3 heteroatoms. The summed E-state index contributed by atoms with van der Waals surface area (Å²) in [6, 6.07) is 5.25. The lowest BCUT2D eigenvalue weighted by Crippen LogP contribution is -2.24. The van der Waals surface area contributed by atoms with Crippen LogP contribution < -0.4 is 10.2 Å². The molecule has 0 aliphatic carbocycles. The third-order valence-corrected chi connectivity index (χ3v) is 2.55. The van der Waals surface area contributed by atoms with Gasteiger partial charge in [0.05, 0.1) is 0 Å². The smallest absolute Gasteiger partial charge is 0.129 e. The molecule has 1 rings (SSSR count). The first-order valence-corrected chi connectivity index (χ1v) is 5.41. The van der Waals surface area contributed by atoms with Gasteiger partial charge in [0.1, 0.15) is 5.82 Å². The summed E-state index contributed by atoms with van der Waals surface area (Å²) in [6.07, 6.45) is 0. The van der Waals surface area contributed by atoms with E-state index < -0.39 is 0 Å². The number of rotatable bonds is 5. The number of hydrogen-bond donors (Lipinski definition) is 1. The second-order valence-corrected chi connectivity index (χ2v) is 3.44. The summed E-state index contributed by atoms with van der Waals surface area (Å²) >= 11 is 0. The first-order valence-electron chi connectivity index (χ1n) is 5.41. The van der Waals surface area contributed by atoms with Crippen molar-refractivity contribution in [3.8, 4) is 0 Å². The molecule has 0 radical (unpaired) electrons. The van der Waals surface area contributed by atoms with E-state index in [4.69, 9.17) is 0 Å². The van der Waals surface area contributed by atoms with E-state index in [1.807, 2.05) is 13.1 Å². The van der Waals surface area contributed by atoms with E-state index in [0.29, 0.717) is 6.54 Å². The maximum atomic E-state index is 13.6. The molecule has 0 aliphatic heterocycles. The lowest BCUT2D eigenvalue weighted by atomic mass is 10.1. The van der Waals surface area contributed by atoms with E-state index in [-0.39, 0.29) is 5.82 Å². The van der Waals surface area contributed by atoms with Crippen LogP contribution in [0.4, 0.5) is 10.1 Å². The van der Waals surface area contributed by atoms with E-state index in [1.165, 1.54) is 6.07 Å². The van der Waals surface area contributed by atoms with Gasteiger partial charge in [0.25, 0.3) is 0 Å². The van der Waals surface area contributed by atoms with Crippen LogP contribution in [0.25, 0.3) is 0 Å². The Balaban J connectivity index is 3.09. The molecule has 0 bridgehead atoms. The second-order valence-electron chi connectivity index (χ2n) is 3.44. The van der Waals surface area contributed by atoms with Crippen molar-refractivity contribution in [3.63, 3.8) is 0 Å². The topological polar surface area (TPSA) is 15.3 Å². The first-order chi connectivity index (χ1) is 7.24. The Morgan fingerprint density at radius 2 is 1.93 bits per heavy atom. The van der Waals surface area contributed by atoms with E-state index in [9.17, 15) is 4.39 Å². The highest BCUT2D eigenvalue weighted by molar-refractivity contribution is 5.54. The zero-order valence-electron chi connectivity index (χ0n) is 9.68. The zero-order chi connectivity index (χ0) is 11.3. The number of nitrogens with one attached hydrogen (secondary N) is 1. The molecule has 1 aromatic carbocycles. The molecule has 0 fully saturated rings. The molecule has 1 N–H and O–H groups in total. The van der Waals surface area contributed by atoms with E-state index in [0.717, 1.165) is 24.3 Å². The molecular formula is C12H19FN2. The molecule has 84 valence electrons. The standard InChI is InChI=1S/C12H19FN2/c1-4-15(5-2)12-8-6-7-11(13)10(12)9-14-3/h6-8,14H,4-5,9H2,1-3H3. The van der Waals surface area contributed by atoms with Gasteiger partial charge in [-0.05, 0) is 33.0 Å².